The fourth-order valence-corrected chi connectivity index (χ4v) is 5.90. The summed E-state index contributed by atoms with van der Waals surface area (Å²) in [6.45, 7) is 8.15. The number of hydrogen-bond donors (Lipinski definition) is 0. The molecule has 1 aliphatic rings. The molecule has 0 saturated carbocycles. The molecule has 2 heterocycles. The number of para-hydroxylation sites is 1. The fourth-order valence-electron chi connectivity index (χ4n) is 4.03. The molecule has 4 nitrogen and oxygen atoms in total. The number of sulfonamides is 1. The third kappa shape index (κ3) is 2.50. The second-order valence-electron chi connectivity index (χ2n) is 7.17. The number of hydrogen-bond acceptors (Lipinski definition) is 3. The summed E-state index contributed by atoms with van der Waals surface area (Å²) in [4.78, 5) is 5.16. The van der Waals surface area contributed by atoms with Crippen LogP contribution in [0.25, 0.3) is 10.9 Å². The van der Waals surface area contributed by atoms with Gasteiger partial charge in [0.05, 0.1) is 10.4 Å². The number of benzene rings is 2. The molecule has 0 radical (unpaired) electrons. The minimum absolute atomic E-state index is 0.405. The number of pyridine rings is 1. The van der Waals surface area contributed by atoms with Gasteiger partial charge in [-0.25, -0.2) is 17.7 Å². The molecule has 5 heteroatoms. The Bertz CT molecular complexity index is 1130. The zero-order valence-corrected chi connectivity index (χ0v) is 16.3. The molecular formula is C21H22N2O2S. The summed E-state index contributed by atoms with van der Waals surface area (Å²) in [5.41, 5.74) is 5.55. The number of aryl methyl sites for hydroxylation is 4. The van der Waals surface area contributed by atoms with Crippen LogP contribution in [-0.2, 0) is 16.4 Å². The van der Waals surface area contributed by atoms with Gasteiger partial charge in [0.25, 0.3) is 10.0 Å². The van der Waals surface area contributed by atoms with E-state index >= 15 is 0 Å². The van der Waals surface area contributed by atoms with Crippen molar-refractivity contribution in [3.8, 4) is 0 Å². The van der Waals surface area contributed by atoms with Crippen LogP contribution in [0.5, 0.6) is 0 Å². The van der Waals surface area contributed by atoms with E-state index < -0.39 is 10.0 Å². The number of nitrogens with zero attached hydrogens (tertiary/aromatic N) is 2. The molecule has 0 fully saturated rings. The minimum atomic E-state index is -3.64. The number of anilines is 1. The standard InChI is InChI=1S/C21H22N2O2S/c1-13-10-15(3)20(16(4)11-13)26(24,25)23-9-8-18-12-17-7-5-6-14(2)19(17)22-21(18)23/h5-7,10-12H,8-9H2,1-4H3. The van der Waals surface area contributed by atoms with Crippen molar-refractivity contribution < 1.29 is 8.42 Å². The lowest BCUT2D eigenvalue weighted by Crippen LogP contribution is -2.31. The van der Waals surface area contributed by atoms with Crippen molar-refractivity contribution in [1.82, 2.24) is 4.98 Å². The first-order valence-corrected chi connectivity index (χ1v) is 10.2. The highest BCUT2D eigenvalue weighted by Crippen LogP contribution is 2.36. The van der Waals surface area contributed by atoms with E-state index in [0.29, 0.717) is 23.7 Å². The molecule has 0 bridgehead atoms. The van der Waals surface area contributed by atoms with Gasteiger partial charge in [-0.15, -0.1) is 0 Å². The van der Waals surface area contributed by atoms with Crippen molar-refractivity contribution in [3.05, 3.63) is 64.2 Å². The molecule has 0 atom stereocenters. The summed E-state index contributed by atoms with van der Waals surface area (Å²) < 4.78 is 28.4. The van der Waals surface area contributed by atoms with E-state index in [4.69, 9.17) is 4.98 Å². The number of aromatic nitrogens is 1. The molecule has 1 aliphatic heterocycles. The first kappa shape index (κ1) is 17.0. The summed E-state index contributed by atoms with van der Waals surface area (Å²) >= 11 is 0. The van der Waals surface area contributed by atoms with E-state index in [1.165, 1.54) is 4.31 Å². The maximum absolute atomic E-state index is 13.5. The zero-order chi connectivity index (χ0) is 18.6. The molecule has 0 aliphatic carbocycles. The van der Waals surface area contributed by atoms with Crippen molar-refractivity contribution in [2.75, 3.05) is 10.8 Å². The lowest BCUT2D eigenvalue weighted by Gasteiger charge is -2.22. The lowest BCUT2D eigenvalue weighted by atomic mass is 10.1. The highest BCUT2D eigenvalue weighted by atomic mass is 32.2. The van der Waals surface area contributed by atoms with Crippen LogP contribution < -0.4 is 4.31 Å². The molecule has 26 heavy (non-hydrogen) atoms. The molecule has 0 saturated heterocycles. The van der Waals surface area contributed by atoms with Gasteiger partial charge in [0.2, 0.25) is 0 Å². The van der Waals surface area contributed by atoms with Crippen molar-refractivity contribution in [3.63, 3.8) is 0 Å². The molecule has 0 unspecified atom stereocenters. The second kappa shape index (κ2) is 5.81. The van der Waals surface area contributed by atoms with Crippen LogP contribution in [0.1, 0.15) is 27.8 Å². The Kier molecular flexibility index (Phi) is 3.81. The Labute approximate surface area is 154 Å². The third-order valence-electron chi connectivity index (χ3n) is 5.08. The van der Waals surface area contributed by atoms with E-state index in [1.807, 2.05) is 58.0 Å². The smallest absolute Gasteiger partial charge is 0.249 e. The van der Waals surface area contributed by atoms with Gasteiger partial charge in [-0.1, -0.05) is 35.9 Å². The normalized spacial score (nSPS) is 14.1. The minimum Gasteiger partial charge on any atom is -0.249 e. The first-order valence-electron chi connectivity index (χ1n) is 8.79. The van der Waals surface area contributed by atoms with Crippen molar-refractivity contribution in [2.45, 2.75) is 39.0 Å². The highest BCUT2D eigenvalue weighted by Gasteiger charge is 2.34. The van der Waals surface area contributed by atoms with Gasteiger partial charge in [0, 0.05) is 11.9 Å². The zero-order valence-electron chi connectivity index (χ0n) is 15.5. The molecule has 4 rings (SSSR count). The summed E-state index contributed by atoms with van der Waals surface area (Å²) in [6, 6.07) is 12.0. The predicted octanol–water partition coefficient (Wildman–Crippen LogP) is 4.22. The molecule has 0 N–H and O–H groups in total. The molecule has 1 aromatic heterocycles. The van der Waals surface area contributed by atoms with E-state index in [9.17, 15) is 8.42 Å². The van der Waals surface area contributed by atoms with Gasteiger partial charge in [-0.05, 0) is 62.4 Å². The van der Waals surface area contributed by atoms with Crippen molar-refractivity contribution in [1.29, 1.82) is 0 Å². The Morgan fingerprint density at radius 2 is 1.65 bits per heavy atom. The lowest BCUT2D eigenvalue weighted by molar-refractivity contribution is 0.590. The molecular weight excluding hydrogens is 344 g/mol. The van der Waals surface area contributed by atoms with Crippen molar-refractivity contribution in [2.24, 2.45) is 0 Å². The average molecular weight is 366 g/mol. The largest absolute Gasteiger partial charge is 0.266 e. The van der Waals surface area contributed by atoms with Crippen LogP contribution >= 0.6 is 0 Å². The third-order valence-corrected chi connectivity index (χ3v) is 7.17. The monoisotopic (exact) mass is 366 g/mol. The predicted molar refractivity (Wildman–Crippen MR) is 105 cm³/mol. The van der Waals surface area contributed by atoms with E-state index in [0.717, 1.165) is 38.7 Å². The SMILES string of the molecule is Cc1cc(C)c(S(=O)(=O)N2CCc3cc4cccc(C)c4nc32)c(C)c1. The fraction of sp³-hybridized carbons (Fsp3) is 0.286. The van der Waals surface area contributed by atoms with Crippen LogP contribution in [0.15, 0.2) is 41.3 Å². The summed E-state index contributed by atoms with van der Waals surface area (Å²) in [5.74, 6) is 0.575. The quantitative estimate of drug-likeness (QED) is 0.682. The number of fused-ring (bicyclic) bond motifs is 2. The van der Waals surface area contributed by atoms with Crippen molar-refractivity contribution >= 4 is 26.7 Å². The van der Waals surface area contributed by atoms with E-state index in [-0.39, 0.29) is 0 Å². The van der Waals surface area contributed by atoms with Crippen LogP contribution in [0.4, 0.5) is 5.82 Å². The Morgan fingerprint density at radius 1 is 0.962 bits per heavy atom. The molecule has 0 spiro atoms. The van der Waals surface area contributed by atoms with E-state index in [1.54, 1.807) is 0 Å². The van der Waals surface area contributed by atoms with Gasteiger partial charge in [0.15, 0.2) is 0 Å². The van der Waals surface area contributed by atoms with Gasteiger partial charge in [-0.3, -0.25) is 0 Å². The number of rotatable bonds is 2. The Balaban J connectivity index is 1.91. The summed E-state index contributed by atoms with van der Waals surface area (Å²) in [6.07, 6.45) is 0.690. The maximum atomic E-state index is 13.5. The second-order valence-corrected chi connectivity index (χ2v) is 8.97. The maximum Gasteiger partial charge on any atom is 0.266 e. The van der Waals surface area contributed by atoms with Crippen LogP contribution in [0, 0.1) is 27.7 Å². The van der Waals surface area contributed by atoms with Crippen LogP contribution in [0.3, 0.4) is 0 Å². The molecule has 2 aromatic carbocycles. The average Bonchev–Trinajstić information content (AvgIpc) is 2.96. The van der Waals surface area contributed by atoms with Gasteiger partial charge >= 0.3 is 0 Å². The molecule has 134 valence electrons. The highest BCUT2D eigenvalue weighted by molar-refractivity contribution is 7.93. The van der Waals surface area contributed by atoms with Crippen LogP contribution in [-0.4, -0.2) is 19.9 Å². The van der Waals surface area contributed by atoms with E-state index in [2.05, 4.69) is 6.07 Å². The summed E-state index contributed by atoms with van der Waals surface area (Å²) in [7, 11) is -3.64. The first-order chi connectivity index (χ1) is 12.3. The summed E-state index contributed by atoms with van der Waals surface area (Å²) in [5, 5.41) is 1.06. The van der Waals surface area contributed by atoms with Crippen LogP contribution in [0.2, 0.25) is 0 Å². The van der Waals surface area contributed by atoms with Gasteiger partial charge in [-0.2, -0.15) is 0 Å². The molecule has 0 amide bonds. The Morgan fingerprint density at radius 3 is 2.35 bits per heavy atom. The molecule has 3 aromatic rings. The topological polar surface area (TPSA) is 50.3 Å². The Hall–Kier alpha value is -2.40. The van der Waals surface area contributed by atoms with Gasteiger partial charge in [0.1, 0.15) is 5.82 Å². The van der Waals surface area contributed by atoms with Gasteiger partial charge < -0.3 is 0 Å².